The van der Waals surface area contributed by atoms with Crippen molar-refractivity contribution in [3.63, 3.8) is 0 Å². The van der Waals surface area contributed by atoms with Gasteiger partial charge in [-0.05, 0) is 74.5 Å². The van der Waals surface area contributed by atoms with Crippen molar-refractivity contribution in [1.29, 1.82) is 0 Å². The number of amides is 3. The van der Waals surface area contributed by atoms with Crippen LogP contribution in [0.15, 0.2) is 59.5 Å². The summed E-state index contributed by atoms with van der Waals surface area (Å²) in [5.74, 6) is -0.983. The number of nitrogens with one attached hydrogen (secondary N) is 1. The maximum atomic E-state index is 12.9. The molecule has 2 aromatic carbocycles. The van der Waals surface area contributed by atoms with Crippen molar-refractivity contribution >= 4 is 52.2 Å². The number of thioether (sulfide) groups is 1. The number of carbonyl (C=O) groups excluding carboxylic acids is 3. The average Bonchev–Trinajstić information content (AvgIpc) is 3.20. The van der Waals surface area contributed by atoms with Gasteiger partial charge in [-0.15, -0.1) is 0 Å². The third-order valence-electron chi connectivity index (χ3n) is 5.37. The molecule has 1 aliphatic rings. The Balaban J connectivity index is 1.53. The molecule has 8 heteroatoms. The molecule has 1 aromatic heterocycles. The SMILES string of the molecule is Cc1ccc(-n2c(C)cc(/C=C3\SC(=O)N(CC(=O)Nc4ccccc4Cl)C3=O)c2C)cc1. The lowest BCUT2D eigenvalue weighted by molar-refractivity contribution is -0.127. The molecule has 0 unspecified atom stereocenters. The number of benzene rings is 2. The van der Waals surface area contributed by atoms with Crippen LogP contribution in [0.4, 0.5) is 10.5 Å². The molecule has 168 valence electrons. The van der Waals surface area contributed by atoms with E-state index in [9.17, 15) is 14.4 Å². The molecule has 0 radical (unpaired) electrons. The summed E-state index contributed by atoms with van der Waals surface area (Å²) in [5.41, 5.74) is 5.45. The van der Waals surface area contributed by atoms with Gasteiger partial charge in [0.2, 0.25) is 5.91 Å². The van der Waals surface area contributed by atoms with Gasteiger partial charge in [-0.3, -0.25) is 19.3 Å². The van der Waals surface area contributed by atoms with Crippen molar-refractivity contribution in [2.24, 2.45) is 0 Å². The van der Waals surface area contributed by atoms with Gasteiger partial charge < -0.3 is 9.88 Å². The molecule has 0 aliphatic carbocycles. The van der Waals surface area contributed by atoms with Gasteiger partial charge in [-0.2, -0.15) is 0 Å². The van der Waals surface area contributed by atoms with Crippen molar-refractivity contribution in [2.75, 3.05) is 11.9 Å². The van der Waals surface area contributed by atoms with Gasteiger partial charge in [0.1, 0.15) is 6.54 Å². The summed E-state index contributed by atoms with van der Waals surface area (Å²) in [6.45, 7) is 5.62. The van der Waals surface area contributed by atoms with E-state index in [1.807, 2.05) is 51.1 Å². The largest absolute Gasteiger partial charge is 0.323 e. The Morgan fingerprint density at radius 1 is 1.06 bits per heavy atom. The van der Waals surface area contributed by atoms with Crippen LogP contribution < -0.4 is 5.32 Å². The summed E-state index contributed by atoms with van der Waals surface area (Å²) < 4.78 is 2.10. The van der Waals surface area contributed by atoms with E-state index in [1.165, 1.54) is 5.56 Å². The highest BCUT2D eigenvalue weighted by Gasteiger charge is 2.36. The van der Waals surface area contributed by atoms with Gasteiger partial charge in [0.25, 0.3) is 11.1 Å². The third-order valence-corrected chi connectivity index (χ3v) is 6.61. The molecule has 33 heavy (non-hydrogen) atoms. The fourth-order valence-corrected chi connectivity index (χ4v) is 4.71. The highest BCUT2D eigenvalue weighted by atomic mass is 35.5. The van der Waals surface area contributed by atoms with Gasteiger partial charge in [0.05, 0.1) is 15.6 Å². The van der Waals surface area contributed by atoms with E-state index in [4.69, 9.17) is 11.6 Å². The molecule has 3 amide bonds. The van der Waals surface area contributed by atoms with E-state index in [0.29, 0.717) is 10.7 Å². The lowest BCUT2D eigenvalue weighted by atomic mass is 10.2. The third kappa shape index (κ3) is 4.74. The second-order valence-electron chi connectivity index (χ2n) is 7.79. The summed E-state index contributed by atoms with van der Waals surface area (Å²) in [5, 5.41) is 2.54. The molecule has 0 spiro atoms. The molecule has 0 atom stereocenters. The highest BCUT2D eigenvalue weighted by molar-refractivity contribution is 8.18. The number of para-hydroxylation sites is 1. The van der Waals surface area contributed by atoms with Crippen LogP contribution in [0.2, 0.25) is 5.02 Å². The predicted molar refractivity (Wildman–Crippen MR) is 133 cm³/mol. The molecule has 3 aromatic rings. The first-order valence-corrected chi connectivity index (χ1v) is 11.5. The minimum atomic E-state index is -0.496. The van der Waals surface area contributed by atoms with Crippen LogP contribution in [-0.4, -0.2) is 33.1 Å². The van der Waals surface area contributed by atoms with Crippen molar-refractivity contribution < 1.29 is 14.4 Å². The number of hydrogen-bond donors (Lipinski definition) is 1. The van der Waals surface area contributed by atoms with Crippen LogP contribution in [-0.2, 0) is 9.59 Å². The molecule has 0 saturated carbocycles. The summed E-state index contributed by atoms with van der Waals surface area (Å²) in [6, 6.07) is 16.9. The second-order valence-corrected chi connectivity index (χ2v) is 9.19. The smallest absolute Gasteiger partial charge is 0.294 e. The summed E-state index contributed by atoms with van der Waals surface area (Å²) in [4.78, 5) is 39.0. The second kappa shape index (κ2) is 9.29. The number of hydrogen-bond acceptors (Lipinski definition) is 4. The Bertz CT molecular complexity index is 1290. The number of aryl methyl sites for hydroxylation is 2. The first-order chi connectivity index (χ1) is 15.7. The van der Waals surface area contributed by atoms with E-state index in [2.05, 4.69) is 9.88 Å². The number of imide groups is 1. The zero-order chi connectivity index (χ0) is 23.7. The molecule has 4 rings (SSSR count). The molecular formula is C25H22ClN3O3S. The van der Waals surface area contributed by atoms with Crippen molar-refractivity contribution in [2.45, 2.75) is 20.8 Å². The lowest BCUT2D eigenvalue weighted by Gasteiger charge is -2.13. The van der Waals surface area contributed by atoms with Crippen LogP contribution in [0.25, 0.3) is 11.8 Å². The Morgan fingerprint density at radius 3 is 2.45 bits per heavy atom. The average molecular weight is 480 g/mol. The lowest BCUT2D eigenvalue weighted by Crippen LogP contribution is -2.36. The number of halogens is 1. The first-order valence-electron chi connectivity index (χ1n) is 10.3. The molecule has 1 fully saturated rings. The Morgan fingerprint density at radius 2 is 1.76 bits per heavy atom. The zero-order valence-electron chi connectivity index (χ0n) is 18.4. The predicted octanol–water partition coefficient (Wildman–Crippen LogP) is 5.73. The fraction of sp³-hybridized carbons (Fsp3) is 0.160. The van der Waals surface area contributed by atoms with Gasteiger partial charge in [-0.25, -0.2) is 0 Å². The molecular weight excluding hydrogens is 458 g/mol. The maximum Gasteiger partial charge on any atom is 0.294 e. The number of nitrogens with zero attached hydrogens (tertiary/aromatic N) is 2. The van der Waals surface area contributed by atoms with Crippen LogP contribution in [0.1, 0.15) is 22.5 Å². The monoisotopic (exact) mass is 479 g/mol. The van der Waals surface area contributed by atoms with Crippen LogP contribution in [0, 0.1) is 20.8 Å². The quantitative estimate of drug-likeness (QED) is 0.474. The summed E-state index contributed by atoms with van der Waals surface area (Å²) in [7, 11) is 0. The van der Waals surface area contributed by atoms with Crippen LogP contribution in [0.3, 0.4) is 0 Å². The van der Waals surface area contributed by atoms with E-state index in [0.717, 1.165) is 39.3 Å². The minimum Gasteiger partial charge on any atom is -0.323 e. The summed E-state index contributed by atoms with van der Waals surface area (Å²) in [6.07, 6.45) is 1.71. The topological polar surface area (TPSA) is 71.4 Å². The molecule has 0 bridgehead atoms. The van der Waals surface area contributed by atoms with E-state index >= 15 is 0 Å². The normalized spacial score (nSPS) is 14.9. The number of aromatic nitrogens is 1. The summed E-state index contributed by atoms with van der Waals surface area (Å²) >= 11 is 6.89. The molecule has 1 aliphatic heterocycles. The Labute approximate surface area is 201 Å². The zero-order valence-corrected chi connectivity index (χ0v) is 20.0. The number of rotatable bonds is 5. The van der Waals surface area contributed by atoms with Crippen molar-refractivity contribution in [3.8, 4) is 5.69 Å². The molecule has 6 nitrogen and oxygen atoms in total. The van der Waals surface area contributed by atoms with Gasteiger partial charge in [0.15, 0.2) is 0 Å². The fourth-order valence-electron chi connectivity index (χ4n) is 3.70. The maximum absolute atomic E-state index is 12.9. The van der Waals surface area contributed by atoms with E-state index in [1.54, 1.807) is 30.3 Å². The van der Waals surface area contributed by atoms with Gasteiger partial charge >= 0.3 is 0 Å². The molecule has 1 saturated heterocycles. The molecule has 2 heterocycles. The Hall–Kier alpha value is -3.29. The minimum absolute atomic E-state index is 0.287. The van der Waals surface area contributed by atoms with E-state index in [-0.39, 0.29) is 11.4 Å². The van der Waals surface area contributed by atoms with Crippen molar-refractivity contribution in [3.05, 3.63) is 87.0 Å². The Kier molecular flexibility index (Phi) is 6.44. The highest BCUT2D eigenvalue weighted by Crippen LogP contribution is 2.34. The van der Waals surface area contributed by atoms with Crippen LogP contribution in [0.5, 0.6) is 0 Å². The number of anilines is 1. The number of carbonyl (C=O) groups is 3. The first kappa shape index (κ1) is 22.9. The van der Waals surface area contributed by atoms with Crippen molar-refractivity contribution in [1.82, 2.24) is 9.47 Å². The van der Waals surface area contributed by atoms with Crippen LogP contribution >= 0.6 is 23.4 Å². The van der Waals surface area contributed by atoms with E-state index < -0.39 is 17.1 Å². The standard InChI is InChI=1S/C25H22ClN3O3S/c1-15-8-10-19(11-9-15)29-16(2)12-18(17(29)3)13-22-24(31)28(25(32)33-22)14-23(30)27-21-7-5-4-6-20(21)26/h4-13H,14H2,1-3H3,(H,27,30)/b22-13-. The molecule has 1 N–H and O–H groups in total. The van der Waals surface area contributed by atoms with Gasteiger partial charge in [0, 0.05) is 17.1 Å². The van der Waals surface area contributed by atoms with Gasteiger partial charge in [-0.1, -0.05) is 41.4 Å².